The Bertz CT molecular complexity index is 481. The van der Waals surface area contributed by atoms with Crippen LogP contribution >= 0.6 is 0 Å². The quantitative estimate of drug-likeness (QED) is 0.497. The Morgan fingerprint density at radius 2 is 2.00 bits per heavy atom. The fourth-order valence-electron chi connectivity index (χ4n) is 1.36. The molecule has 4 heteroatoms. The summed E-state index contributed by atoms with van der Waals surface area (Å²) in [5, 5.41) is 11.3. The Kier molecular flexibility index (Phi) is 3.70. The smallest absolute Gasteiger partial charge is 0.130 e. The SMILES string of the molecule is ON=Cc1ccc(OCc2ccccn2)cc1. The molecule has 2 aromatic rings. The van der Waals surface area contributed by atoms with Gasteiger partial charge in [0.2, 0.25) is 0 Å². The number of aromatic nitrogens is 1. The van der Waals surface area contributed by atoms with Gasteiger partial charge in [0.15, 0.2) is 0 Å². The van der Waals surface area contributed by atoms with Gasteiger partial charge < -0.3 is 9.94 Å². The van der Waals surface area contributed by atoms with Crippen LogP contribution in [0.3, 0.4) is 0 Å². The Hall–Kier alpha value is -2.36. The maximum atomic E-state index is 8.37. The summed E-state index contributed by atoms with van der Waals surface area (Å²) in [6.45, 7) is 0.439. The second-order valence-corrected chi connectivity index (χ2v) is 3.42. The van der Waals surface area contributed by atoms with E-state index >= 15 is 0 Å². The molecular weight excluding hydrogens is 216 g/mol. The fourth-order valence-corrected chi connectivity index (χ4v) is 1.36. The van der Waals surface area contributed by atoms with E-state index in [4.69, 9.17) is 9.94 Å². The highest BCUT2D eigenvalue weighted by molar-refractivity contribution is 5.79. The van der Waals surface area contributed by atoms with Gasteiger partial charge in [0.1, 0.15) is 12.4 Å². The van der Waals surface area contributed by atoms with Gasteiger partial charge in [0, 0.05) is 6.20 Å². The van der Waals surface area contributed by atoms with Gasteiger partial charge in [-0.05, 0) is 42.0 Å². The molecule has 0 bridgehead atoms. The van der Waals surface area contributed by atoms with Crippen molar-refractivity contribution in [3.63, 3.8) is 0 Å². The fraction of sp³-hybridized carbons (Fsp3) is 0.0769. The summed E-state index contributed by atoms with van der Waals surface area (Å²) in [6, 6.07) is 13.0. The molecule has 86 valence electrons. The Balaban J connectivity index is 1.95. The zero-order valence-corrected chi connectivity index (χ0v) is 9.15. The lowest BCUT2D eigenvalue weighted by Gasteiger charge is -2.05. The van der Waals surface area contributed by atoms with Gasteiger partial charge in [-0.3, -0.25) is 4.98 Å². The molecule has 0 unspecified atom stereocenters. The molecule has 17 heavy (non-hydrogen) atoms. The molecule has 0 aliphatic rings. The van der Waals surface area contributed by atoms with Crippen LogP contribution in [0.15, 0.2) is 53.8 Å². The molecule has 0 saturated carbocycles. The van der Waals surface area contributed by atoms with Gasteiger partial charge in [-0.1, -0.05) is 11.2 Å². The van der Waals surface area contributed by atoms with Gasteiger partial charge in [0.25, 0.3) is 0 Å². The number of hydrogen-bond donors (Lipinski definition) is 1. The van der Waals surface area contributed by atoms with Crippen molar-refractivity contribution < 1.29 is 9.94 Å². The minimum atomic E-state index is 0.439. The third-order valence-electron chi connectivity index (χ3n) is 2.20. The Labute approximate surface area is 99.2 Å². The number of nitrogens with zero attached hydrogens (tertiary/aromatic N) is 2. The van der Waals surface area contributed by atoms with Crippen LogP contribution < -0.4 is 4.74 Å². The summed E-state index contributed by atoms with van der Waals surface area (Å²) in [5.74, 6) is 0.755. The van der Waals surface area contributed by atoms with Gasteiger partial charge in [-0.15, -0.1) is 0 Å². The molecule has 4 nitrogen and oxygen atoms in total. The van der Waals surface area contributed by atoms with Crippen LogP contribution in [0.1, 0.15) is 11.3 Å². The van der Waals surface area contributed by atoms with Crippen LogP contribution in [0, 0.1) is 0 Å². The van der Waals surface area contributed by atoms with Gasteiger partial charge in [-0.25, -0.2) is 0 Å². The monoisotopic (exact) mass is 228 g/mol. The van der Waals surface area contributed by atoms with E-state index in [1.54, 1.807) is 6.20 Å². The van der Waals surface area contributed by atoms with Crippen LogP contribution in [-0.4, -0.2) is 16.4 Å². The van der Waals surface area contributed by atoms with Crippen molar-refractivity contribution in [1.82, 2.24) is 4.98 Å². The van der Waals surface area contributed by atoms with Crippen molar-refractivity contribution in [1.29, 1.82) is 0 Å². The average Bonchev–Trinajstić information content (AvgIpc) is 2.40. The number of rotatable bonds is 4. The first-order valence-electron chi connectivity index (χ1n) is 5.19. The number of hydrogen-bond acceptors (Lipinski definition) is 4. The van der Waals surface area contributed by atoms with E-state index in [-0.39, 0.29) is 0 Å². The highest BCUT2D eigenvalue weighted by atomic mass is 16.5. The summed E-state index contributed by atoms with van der Waals surface area (Å²) in [7, 11) is 0. The normalized spacial score (nSPS) is 10.6. The third kappa shape index (κ3) is 3.31. The molecule has 1 aromatic heterocycles. The third-order valence-corrected chi connectivity index (χ3v) is 2.20. The van der Waals surface area contributed by atoms with E-state index in [0.29, 0.717) is 6.61 Å². The van der Waals surface area contributed by atoms with Gasteiger partial charge in [-0.2, -0.15) is 0 Å². The molecule has 0 radical (unpaired) electrons. The highest BCUT2D eigenvalue weighted by Crippen LogP contribution is 2.12. The molecule has 0 spiro atoms. The van der Waals surface area contributed by atoms with E-state index in [0.717, 1.165) is 17.0 Å². The predicted molar refractivity (Wildman–Crippen MR) is 64.4 cm³/mol. The molecular formula is C13H12N2O2. The molecule has 0 saturated heterocycles. The maximum absolute atomic E-state index is 8.37. The molecule has 0 atom stereocenters. The molecule has 0 fully saturated rings. The lowest BCUT2D eigenvalue weighted by molar-refractivity contribution is 0.301. The molecule has 1 N–H and O–H groups in total. The van der Waals surface area contributed by atoms with Crippen molar-refractivity contribution in [3.8, 4) is 5.75 Å². The van der Waals surface area contributed by atoms with Crippen LogP contribution in [-0.2, 0) is 6.61 Å². The first kappa shape index (κ1) is 11.1. The first-order chi connectivity index (χ1) is 8.38. The predicted octanol–water partition coefficient (Wildman–Crippen LogP) is 2.47. The summed E-state index contributed by atoms with van der Waals surface area (Å²) in [6.07, 6.45) is 3.10. The summed E-state index contributed by atoms with van der Waals surface area (Å²) in [4.78, 5) is 4.16. The van der Waals surface area contributed by atoms with E-state index in [2.05, 4.69) is 10.1 Å². The van der Waals surface area contributed by atoms with Gasteiger partial charge >= 0.3 is 0 Å². The van der Waals surface area contributed by atoms with E-state index < -0.39 is 0 Å². The number of ether oxygens (including phenoxy) is 1. The molecule has 1 heterocycles. The second kappa shape index (κ2) is 5.65. The van der Waals surface area contributed by atoms with Crippen LogP contribution in [0.25, 0.3) is 0 Å². The van der Waals surface area contributed by atoms with Crippen molar-refractivity contribution >= 4 is 6.21 Å². The summed E-state index contributed by atoms with van der Waals surface area (Å²) >= 11 is 0. The highest BCUT2D eigenvalue weighted by Gasteiger charge is 1.96. The molecule has 2 rings (SSSR count). The van der Waals surface area contributed by atoms with Crippen molar-refractivity contribution in [2.45, 2.75) is 6.61 Å². The van der Waals surface area contributed by atoms with Crippen LogP contribution in [0.5, 0.6) is 5.75 Å². The maximum Gasteiger partial charge on any atom is 0.130 e. The van der Waals surface area contributed by atoms with Crippen molar-refractivity contribution in [3.05, 3.63) is 59.9 Å². The largest absolute Gasteiger partial charge is 0.487 e. The minimum absolute atomic E-state index is 0.439. The topological polar surface area (TPSA) is 54.7 Å². The lowest BCUT2D eigenvalue weighted by Crippen LogP contribution is -1.97. The number of pyridine rings is 1. The number of oxime groups is 1. The van der Waals surface area contributed by atoms with Gasteiger partial charge in [0.05, 0.1) is 11.9 Å². The zero-order chi connectivity index (χ0) is 11.9. The van der Waals surface area contributed by atoms with Crippen LogP contribution in [0.2, 0.25) is 0 Å². The molecule has 0 aliphatic heterocycles. The number of benzene rings is 1. The first-order valence-corrected chi connectivity index (χ1v) is 5.19. The van der Waals surface area contributed by atoms with Crippen molar-refractivity contribution in [2.24, 2.45) is 5.16 Å². The summed E-state index contributed by atoms with van der Waals surface area (Å²) < 4.78 is 5.56. The van der Waals surface area contributed by atoms with Crippen LogP contribution in [0.4, 0.5) is 0 Å². The lowest BCUT2D eigenvalue weighted by atomic mass is 10.2. The summed E-state index contributed by atoms with van der Waals surface area (Å²) in [5.41, 5.74) is 1.70. The standard InChI is InChI=1S/C13H12N2O2/c16-15-9-11-4-6-13(7-5-11)17-10-12-3-1-2-8-14-12/h1-9,16H,10H2. The van der Waals surface area contributed by atoms with E-state index in [1.807, 2.05) is 42.5 Å². The molecule has 0 amide bonds. The molecule has 0 aliphatic carbocycles. The Morgan fingerprint density at radius 3 is 2.65 bits per heavy atom. The Morgan fingerprint density at radius 1 is 1.18 bits per heavy atom. The van der Waals surface area contributed by atoms with Crippen molar-refractivity contribution in [2.75, 3.05) is 0 Å². The van der Waals surface area contributed by atoms with E-state index in [1.165, 1.54) is 6.21 Å². The minimum Gasteiger partial charge on any atom is -0.487 e. The zero-order valence-electron chi connectivity index (χ0n) is 9.15. The second-order valence-electron chi connectivity index (χ2n) is 3.42. The van der Waals surface area contributed by atoms with E-state index in [9.17, 15) is 0 Å². The average molecular weight is 228 g/mol. The molecule has 1 aromatic carbocycles.